The zero-order valence-electron chi connectivity index (χ0n) is 8.88. The van der Waals surface area contributed by atoms with Gasteiger partial charge in [0.15, 0.2) is 0 Å². The van der Waals surface area contributed by atoms with Gasteiger partial charge in [-0.05, 0) is 0 Å². The minimum absolute atomic E-state index is 0. The molecule has 0 rings (SSSR count). The van der Waals surface area contributed by atoms with E-state index in [2.05, 4.69) is 0 Å². The van der Waals surface area contributed by atoms with Crippen LogP contribution in [0.2, 0.25) is 0 Å². The van der Waals surface area contributed by atoms with Gasteiger partial charge in [0.05, 0.1) is 0 Å². The number of rotatable bonds is 0. The maximum atomic E-state index is 8.59. The molecule has 0 saturated carbocycles. The first kappa shape index (κ1) is 42.7. The molecule has 2 radical (unpaired) electrons. The van der Waals surface area contributed by atoms with E-state index in [0.29, 0.717) is 0 Å². The molecule has 0 aromatic rings. The average molecular weight is 494 g/mol. The Balaban J connectivity index is -0.0000000206. The monoisotopic (exact) mass is 494 g/mol. The third-order valence-electron chi connectivity index (χ3n) is 0. The second-order valence-corrected chi connectivity index (χ2v) is 5.05. The van der Waals surface area contributed by atoms with Gasteiger partial charge in [-0.15, -0.1) is 0 Å². The number of hydrogen-bond donors (Lipinski definition) is 2. The summed E-state index contributed by atoms with van der Waals surface area (Å²) in [4.78, 5) is 0. The van der Waals surface area contributed by atoms with Crippen LogP contribution in [0.1, 0.15) is 0 Å². The van der Waals surface area contributed by atoms with E-state index in [-0.39, 0.29) is 46.4 Å². The normalized spacial score (nSPS) is 9.16. The Morgan fingerprint density at radius 2 is 0.421 bits per heavy atom. The van der Waals surface area contributed by atoms with Gasteiger partial charge in [-0.2, -0.15) is 0 Å². The SMILES string of the molecule is [Mn+2].[Mn+2].[NH4+].[NH4+].[O]=[Cr](=[O])([O-])[O-].[O]=[Cr](=[O])([O-])[O-].[O]=[Cr](=[O])([O-])[O-]. The van der Waals surface area contributed by atoms with E-state index in [4.69, 9.17) is 47.8 Å². The van der Waals surface area contributed by atoms with Crippen LogP contribution >= 0.6 is 0 Å². The first-order valence-corrected chi connectivity index (χ1v) is 8.25. The summed E-state index contributed by atoms with van der Waals surface area (Å²) in [5.41, 5.74) is 0. The van der Waals surface area contributed by atoms with Crippen LogP contribution < -0.4 is 37.3 Å². The zero-order valence-corrected chi connectivity index (χ0v) is 15.1. The molecule has 0 saturated heterocycles. The molecular weight excluding hydrogens is 486 g/mol. The molecule has 0 heterocycles. The number of quaternary nitrogens is 2. The Morgan fingerprint density at radius 1 is 0.421 bits per heavy atom. The third kappa shape index (κ3) is 4490. The van der Waals surface area contributed by atoms with Crippen LogP contribution in [0.4, 0.5) is 0 Å². The molecule has 19 heavy (non-hydrogen) atoms. The topological polar surface area (TPSA) is 314 Å². The molecule has 14 nitrogen and oxygen atoms in total. The molecule has 0 aromatic heterocycles. The molecule has 0 aromatic carbocycles. The molecular formula is H8Cr3Mn2N2O12. The van der Waals surface area contributed by atoms with Crippen molar-refractivity contribution < 1.29 is 123 Å². The van der Waals surface area contributed by atoms with E-state index in [1.165, 1.54) is 0 Å². The Hall–Kier alpha value is 1.12. The molecule has 0 aliphatic heterocycles. The molecule has 0 atom stereocenters. The Morgan fingerprint density at radius 3 is 0.421 bits per heavy atom. The quantitative estimate of drug-likeness (QED) is 0.297. The van der Waals surface area contributed by atoms with Gasteiger partial charge in [-0.3, -0.25) is 0 Å². The van der Waals surface area contributed by atoms with E-state index in [0.717, 1.165) is 0 Å². The summed E-state index contributed by atoms with van der Waals surface area (Å²) >= 11 is -17.2. The molecule has 0 fully saturated rings. The van der Waals surface area contributed by atoms with Crippen LogP contribution in [0.3, 0.4) is 0 Å². The molecule has 0 aliphatic carbocycles. The second kappa shape index (κ2) is 17.2. The van der Waals surface area contributed by atoms with E-state index >= 15 is 0 Å². The fraction of sp³-hybridized carbons (Fsp3) is 0. The zero-order chi connectivity index (χ0) is 13.5. The van der Waals surface area contributed by atoms with Gasteiger partial charge >= 0.3 is 123 Å². The van der Waals surface area contributed by atoms with Crippen LogP contribution in [-0.2, 0) is 97.8 Å². The van der Waals surface area contributed by atoms with Crippen molar-refractivity contribution in [1.82, 2.24) is 12.3 Å². The predicted octanol–water partition coefficient (Wildman–Crippen LogP) is -7.11. The van der Waals surface area contributed by atoms with Crippen LogP contribution in [-0.4, -0.2) is 0 Å². The van der Waals surface area contributed by atoms with Gasteiger partial charge in [0.25, 0.3) is 0 Å². The molecule has 0 unspecified atom stereocenters. The molecule has 0 spiro atoms. The fourth-order valence-electron chi connectivity index (χ4n) is 0. The Bertz CT molecular complexity index is 350. The molecule has 8 N–H and O–H groups in total. The van der Waals surface area contributed by atoms with Crippen molar-refractivity contribution in [1.29, 1.82) is 0 Å². The summed E-state index contributed by atoms with van der Waals surface area (Å²) in [5, 5.41) is 0. The van der Waals surface area contributed by atoms with Crippen molar-refractivity contribution in [2.75, 3.05) is 0 Å². The van der Waals surface area contributed by atoms with Crippen molar-refractivity contribution >= 4 is 0 Å². The molecule has 0 amide bonds. The van der Waals surface area contributed by atoms with E-state index in [1.807, 2.05) is 0 Å². The Kier molecular flexibility index (Phi) is 38.6. The molecule has 19 heteroatoms. The third-order valence-corrected chi connectivity index (χ3v) is 0. The summed E-state index contributed by atoms with van der Waals surface area (Å²) in [6.45, 7) is 0. The van der Waals surface area contributed by atoms with E-state index in [9.17, 15) is 0 Å². The van der Waals surface area contributed by atoms with Crippen molar-refractivity contribution in [3.8, 4) is 0 Å². The summed E-state index contributed by atoms with van der Waals surface area (Å²) in [6.07, 6.45) is 0. The summed E-state index contributed by atoms with van der Waals surface area (Å²) in [5.74, 6) is 0. The van der Waals surface area contributed by atoms with Crippen LogP contribution in [0, 0.1) is 0 Å². The number of hydrogen-bond acceptors (Lipinski definition) is 12. The van der Waals surface area contributed by atoms with E-state index in [1.54, 1.807) is 0 Å². The van der Waals surface area contributed by atoms with Crippen molar-refractivity contribution in [2.24, 2.45) is 0 Å². The summed E-state index contributed by atoms with van der Waals surface area (Å²) in [7, 11) is 0. The van der Waals surface area contributed by atoms with Crippen molar-refractivity contribution in [3.63, 3.8) is 0 Å². The van der Waals surface area contributed by atoms with Gasteiger partial charge in [-0.1, -0.05) is 0 Å². The first-order chi connectivity index (χ1) is 6.00. The van der Waals surface area contributed by atoms with Crippen LogP contribution in [0.15, 0.2) is 0 Å². The Labute approximate surface area is 134 Å². The maximum absolute atomic E-state index is 8.59. The van der Waals surface area contributed by atoms with Crippen molar-refractivity contribution in [3.05, 3.63) is 0 Å². The van der Waals surface area contributed by atoms with Crippen LogP contribution in [0.5, 0.6) is 0 Å². The second-order valence-electron chi connectivity index (χ2n) is 1.22. The standard InChI is InChI=1S/3Cr.2Mn.2H3N.12O/h;;;;;2*1H3;;;;;;;;;;;;/q;;;2*+2;;;;;;;;;6*-1/p+2. The van der Waals surface area contributed by atoms with Crippen molar-refractivity contribution in [2.45, 2.75) is 0 Å². The minimum atomic E-state index is -5.75. The molecule has 0 bridgehead atoms. The molecule has 122 valence electrons. The van der Waals surface area contributed by atoms with Gasteiger partial charge in [-0.25, -0.2) is 0 Å². The molecule has 0 aliphatic rings. The predicted molar refractivity (Wildman–Crippen MR) is 16.1 cm³/mol. The van der Waals surface area contributed by atoms with Gasteiger partial charge < -0.3 is 12.3 Å². The fourth-order valence-corrected chi connectivity index (χ4v) is 0. The van der Waals surface area contributed by atoms with Gasteiger partial charge in [0.1, 0.15) is 0 Å². The first-order valence-electron chi connectivity index (χ1n) is 2.00. The summed E-state index contributed by atoms with van der Waals surface area (Å²) < 4.78 is 103. The van der Waals surface area contributed by atoms with Gasteiger partial charge in [0.2, 0.25) is 0 Å². The van der Waals surface area contributed by atoms with Gasteiger partial charge in [0, 0.05) is 0 Å². The van der Waals surface area contributed by atoms with Crippen LogP contribution in [0.25, 0.3) is 0 Å². The average Bonchev–Trinajstić information content (AvgIpc) is 1.41. The summed E-state index contributed by atoms with van der Waals surface area (Å²) in [6, 6.07) is 0. The van der Waals surface area contributed by atoms with E-state index < -0.39 is 40.8 Å².